The summed E-state index contributed by atoms with van der Waals surface area (Å²) in [5, 5.41) is 3.03. The van der Waals surface area contributed by atoms with Crippen LogP contribution in [0.5, 0.6) is 0 Å². The van der Waals surface area contributed by atoms with Gasteiger partial charge in [-0.1, -0.05) is 18.2 Å². The Balaban J connectivity index is 1.54. The van der Waals surface area contributed by atoms with Crippen molar-refractivity contribution >= 4 is 17.2 Å². The van der Waals surface area contributed by atoms with Crippen LogP contribution in [0.4, 0.5) is 0 Å². The van der Waals surface area contributed by atoms with Crippen LogP contribution in [-0.4, -0.2) is 26.8 Å². The predicted octanol–water partition coefficient (Wildman–Crippen LogP) is 4.32. The molecule has 25 heavy (non-hydrogen) atoms. The Hall–Kier alpha value is -2.53. The van der Waals surface area contributed by atoms with Gasteiger partial charge in [-0.3, -0.25) is 9.78 Å². The van der Waals surface area contributed by atoms with Gasteiger partial charge in [0.05, 0.1) is 0 Å². The summed E-state index contributed by atoms with van der Waals surface area (Å²) in [6.07, 6.45) is 5.76. The molecule has 3 aromatic rings. The van der Waals surface area contributed by atoms with Gasteiger partial charge in [-0.15, -0.1) is 11.3 Å². The molecule has 0 radical (unpaired) electrons. The first kappa shape index (κ1) is 16.0. The van der Waals surface area contributed by atoms with E-state index in [2.05, 4.69) is 9.97 Å². The van der Waals surface area contributed by atoms with Crippen LogP contribution in [0.3, 0.4) is 0 Å². The van der Waals surface area contributed by atoms with Crippen molar-refractivity contribution in [1.29, 1.82) is 0 Å². The lowest BCUT2D eigenvalue weighted by molar-refractivity contribution is 0.0730. The third-order valence-corrected chi connectivity index (χ3v) is 5.33. The van der Waals surface area contributed by atoms with Gasteiger partial charge in [-0.25, -0.2) is 4.98 Å². The van der Waals surface area contributed by atoms with Crippen molar-refractivity contribution in [3.05, 3.63) is 71.0 Å². The highest BCUT2D eigenvalue weighted by Crippen LogP contribution is 2.30. The van der Waals surface area contributed by atoms with Gasteiger partial charge in [0, 0.05) is 47.2 Å². The van der Waals surface area contributed by atoms with Crippen LogP contribution in [0.2, 0.25) is 0 Å². The molecule has 1 amide bonds. The number of pyridine rings is 1. The van der Waals surface area contributed by atoms with Crippen molar-refractivity contribution in [1.82, 2.24) is 14.9 Å². The minimum absolute atomic E-state index is 0.0909. The average Bonchev–Trinajstić information content (AvgIpc) is 3.40. The fourth-order valence-corrected chi connectivity index (χ4v) is 3.65. The fourth-order valence-electron chi connectivity index (χ4n) is 2.85. The fraction of sp³-hybridized carbons (Fsp3) is 0.250. The van der Waals surface area contributed by atoms with Gasteiger partial charge in [-0.05, 0) is 43.5 Å². The number of amides is 1. The van der Waals surface area contributed by atoms with Crippen LogP contribution in [0, 0.1) is 6.92 Å². The van der Waals surface area contributed by atoms with E-state index in [-0.39, 0.29) is 5.91 Å². The zero-order valence-electron chi connectivity index (χ0n) is 14.1. The van der Waals surface area contributed by atoms with Crippen molar-refractivity contribution in [3.63, 3.8) is 0 Å². The van der Waals surface area contributed by atoms with Crippen LogP contribution in [-0.2, 0) is 6.54 Å². The summed E-state index contributed by atoms with van der Waals surface area (Å²) in [4.78, 5) is 23.6. The number of aryl methyl sites for hydroxylation is 1. The van der Waals surface area contributed by atoms with E-state index >= 15 is 0 Å². The van der Waals surface area contributed by atoms with E-state index in [1.165, 1.54) is 0 Å². The monoisotopic (exact) mass is 349 g/mol. The standard InChI is InChI=1S/C20H19N3OS/c1-14-13-25-19(22-14)16-4-6-17(7-5-16)20(24)23(18-8-9-18)12-15-3-2-10-21-11-15/h2-7,10-11,13,18H,8-9,12H2,1H3. The molecule has 126 valence electrons. The Morgan fingerprint density at radius 2 is 2.04 bits per heavy atom. The molecule has 5 heteroatoms. The summed E-state index contributed by atoms with van der Waals surface area (Å²) in [6, 6.07) is 12.1. The number of thiazole rings is 1. The molecule has 0 saturated heterocycles. The van der Waals surface area contributed by atoms with E-state index < -0.39 is 0 Å². The van der Waals surface area contributed by atoms with Crippen LogP contribution in [0.25, 0.3) is 10.6 Å². The van der Waals surface area contributed by atoms with E-state index in [4.69, 9.17) is 0 Å². The number of hydrogen-bond donors (Lipinski definition) is 0. The molecule has 0 spiro atoms. The second-order valence-corrected chi connectivity index (χ2v) is 7.25. The van der Waals surface area contributed by atoms with Crippen molar-refractivity contribution in [2.24, 2.45) is 0 Å². The van der Waals surface area contributed by atoms with Gasteiger partial charge in [0.2, 0.25) is 0 Å². The Kier molecular flexibility index (Phi) is 4.32. The number of aromatic nitrogens is 2. The highest BCUT2D eigenvalue weighted by Gasteiger charge is 2.33. The SMILES string of the molecule is Cc1csc(-c2ccc(C(=O)N(Cc3cccnc3)C3CC3)cc2)n1. The Labute approximate surface area is 151 Å². The molecular formula is C20H19N3OS. The normalized spacial score (nSPS) is 13.6. The quantitative estimate of drug-likeness (QED) is 0.689. The first-order valence-corrected chi connectivity index (χ1v) is 9.31. The topological polar surface area (TPSA) is 46.1 Å². The van der Waals surface area contributed by atoms with Crippen molar-refractivity contribution in [2.45, 2.75) is 32.4 Å². The van der Waals surface area contributed by atoms with Crippen molar-refractivity contribution in [2.75, 3.05) is 0 Å². The van der Waals surface area contributed by atoms with Crippen molar-refractivity contribution in [3.8, 4) is 10.6 Å². The minimum Gasteiger partial charge on any atom is -0.331 e. The molecule has 2 aromatic heterocycles. The smallest absolute Gasteiger partial charge is 0.254 e. The molecule has 0 aliphatic heterocycles. The average molecular weight is 349 g/mol. The molecule has 1 fully saturated rings. The van der Waals surface area contributed by atoms with E-state index in [1.54, 1.807) is 17.5 Å². The van der Waals surface area contributed by atoms with Crippen LogP contribution < -0.4 is 0 Å². The van der Waals surface area contributed by atoms with E-state index in [1.807, 2.05) is 59.8 Å². The van der Waals surface area contributed by atoms with Crippen molar-refractivity contribution < 1.29 is 4.79 Å². The maximum Gasteiger partial charge on any atom is 0.254 e. The molecule has 1 aromatic carbocycles. The molecule has 0 unspecified atom stereocenters. The van der Waals surface area contributed by atoms with E-state index in [9.17, 15) is 4.79 Å². The maximum atomic E-state index is 13.0. The number of benzene rings is 1. The van der Waals surface area contributed by atoms with Gasteiger partial charge in [0.15, 0.2) is 0 Å². The maximum absolute atomic E-state index is 13.0. The molecule has 1 saturated carbocycles. The number of hydrogen-bond acceptors (Lipinski definition) is 4. The molecule has 1 aliphatic carbocycles. The summed E-state index contributed by atoms with van der Waals surface area (Å²) in [5.41, 5.74) is 3.88. The van der Waals surface area contributed by atoms with Gasteiger partial charge in [0.25, 0.3) is 5.91 Å². The first-order valence-electron chi connectivity index (χ1n) is 8.43. The third kappa shape index (κ3) is 3.61. The number of rotatable bonds is 5. The molecule has 0 atom stereocenters. The molecule has 2 heterocycles. The lowest BCUT2D eigenvalue weighted by atomic mass is 10.1. The molecule has 0 N–H and O–H groups in total. The number of carbonyl (C=O) groups excluding carboxylic acids is 1. The lowest BCUT2D eigenvalue weighted by Crippen LogP contribution is -2.32. The lowest BCUT2D eigenvalue weighted by Gasteiger charge is -2.22. The molecule has 0 bridgehead atoms. The van der Waals surface area contributed by atoms with Gasteiger partial charge in [0.1, 0.15) is 5.01 Å². The Bertz CT molecular complexity index is 869. The largest absolute Gasteiger partial charge is 0.331 e. The van der Waals surface area contributed by atoms with Crippen LogP contribution in [0.15, 0.2) is 54.2 Å². The zero-order valence-corrected chi connectivity index (χ0v) is 14.9. The second-order valence-electron chi connectivity index (χ2n) is 6.40. The van der Waals surface area contributed by atoms with Crippen LogP contribution in [0.1, 0.15) is 34.5 Å². The van der Waals surface area contributed by atoms with Gasteiger partial charge in [-0.2, -0.15) is 0 Å². The second kappa shape index (κ2) is 6.76. The first-order chi connectivity index (χ1) is 12.2. The Morgan fingerprint density at radius 3 is 2.64 bits per heavy atom. The highest BCUT2D eigenvalue weighted by atomic mass is 32.1. The predicted molar refractivity (Wildman–Crippen MR) is 99.4 cm³/mol. The summed E-state index contributed by atoms with van der Waals surface area (Å²) in [5.74, 6) is 0.0909. The third-order valence-electron chi connectivity index (χ3n) is 4.32. The summed E-state index contributed by atoms with van der Waals surface area (Å²) in [6.45, 7) is 2.61. The number of carbonyl (C=O) groups is 1. The summed E-state index contributed by atoms with van der Waals surface area (Å²) in [7, 11) is 0. The molecular weight excluding hydrogens is 330 g/mol. The summed E-state index contributed by atoms with van der Waals surface area (Å²) < 4.78 is 0. The van der Waals surface area contributed by atoms with Crippen LogP contribution >= 0.6 is 11.3 Å². The molecule has 4 rings (SSSR count). The molecule has 1 aliphatic rings. The van der Waals surface area contributed by atoms with E-state index in [0.29, 0.717) is 12.6 Å². The Morgan fingerprint density at radius 1 is 1.24 bits per heavy atom. The highest BCUT2D eigenvalue weighted by molar-refractivity contribution is 7.13. The van der Waals surface area contributed by atoms with Gasteiger partial charge >= 0.3 is 0 Å². The van der Waals surface area contributed by atoms with E-state index in [0.717, 1.165) is 40.2 Å². The zero-order chi connectivity index (χ0) is 17.2. The minimum atomic E-state index is 0.0909. The molecule has 4 nitrogen and oxygen atoms in total. The van der Waals surface area contributed by atoms with Gasteiger partial charge < -0.3 is 4.90 Å². The number of nitrogens with zero attached hydrogens (tertiary/aromatic N) is 3. The summed E-state index contributed by atoms with van der Waals surface area (Å²) >= 11 is 1.63.